The SMILES string of the molecule is CCN(C(=O)OC(C)(C)C)c1cc2c(c(O[Si](C)(C)C(C)(C)C)c1)C(=O)O[C@@H](C)[C@H](C)C=CC(=O)[C@H]1OC(C)(C)O[C@H]1CC=C2. The van der Waals surface area contributed by atoms with Crippen molar-refractivity contribution in [2.45, 2.75) is 130 Å². The summed E-state index contributed by atoms with van der Waals surface area (Å²) in [4.78, 5) is 42.1. The minimum atomic E-state index is -2.48. The summed E-state index contributed by atoms with van der Waals surface area (Å²) in [6.07, 6.45) is 4.87. The number of hydrogen-bond donors (Lipinski definition) is 0. The van der Waals surface area contributed by atoms with Gasteiger partial charge in [0, 0.05) is 18.5 Å². The number of carbonyl (C=O) groups excluding carboxylic acids is 3. The van der Waals surface area contributed by atoms with Crippen LogP contribution >= 0.6 is 0 Å². The van der Waals surface area contributed by atoms with E-state index >= 15 is 0 Å². The Morgan fingerprint density at radius 1 is 1.04 bits per heavy atom. The van der Waals surface area contributed by atoms with Crippen LogP contribution in [0.25, 0.3) is 6.08 Å². The number of benzene rings is 1. The number of ketones is 1. The Kier molecular flexibility index (Phi) is 10.9. The van der Waals surface area contributed by atoms with Crippen LogP contribution in [0, 0.1) is 5.92 Å². The minimum absolute atomic E-state index is 0.173. The maximum absolute atomic E-state index is 14.0. The zero-order valence-corrected chi connectivity index (χ0v) is 30.4. The summed E-state index contributed by atoms with van der Waals surface area (Å²) < 4.78 is 30.7. The topological polar surface area (TPSA) is 101 Å². The summed E-state index contributed by atoms with van der Waals surface area (Å²) in [5.41, 5.74) is 0.615. The summed E-state index contributed by atoms with van der Waals surface area (Å²) in [5, 5.41) is -0.173. The molecule has 1 fully saturated rings. The molecule has 0 N–H and O–H groups in total. The molecule has 4 atom stereocenters. The van der Waals surface area contributed by atoms with Gasteiger partial charge in [-0.3, -0.25) is 9.69 Å². The monoisotopic (exact) mass is 643 g/mol. The van der Waals surface area contributed by atoms with Crippen LogP contribution in [0.1, 0.15) is 98.5 Å². The minimum Gasteiger partial charge on any atom is -0.543 e. The van der Waals surface area contributed by atoms with Gasteiger partial charge in [-0.1, -0.05) is 45.9 Å². The van der Waals surface area contributed by atoms with Gasteiger partial charge in [-0.25, -0.2) is 9.59 Å². The first kappa shape index (κ1) is 36.5. The van der Waals surface area contributed by atoms with E-state index in [0.717, 1.165) is 0 Å². The molecule has 1 saturated heterocycles. The number of rotatable bonds is 4. The number of ether oxygens (including phenoxy) is 4. The molecule has 0 aromatic heterocycles. The zero-order valence-electron chi connectivity index (χ0n) is 29.4. The molecule has 2 aliphatic heterocycles. The number of carbonyl (C=O) groups is 3. The Labute approximate surface area is 270 Å². The van der Waals surface area contributed by atoms with E-state index in [1.165, 1.54) is 11.0 Å². The van der Waals surface area contributed by atoms with Crippen LogP contribution < -0.4 is 9.33 Å². The first-order valence-corrected chi connectivity index (χ1v) is 18.8. The lowest BCUT2D eigenvalue weighted by atomic mass is 9.99. The molecule has 0 spiro atoms. The van der Waals surface area contributed by atoms with Crippen LogP contribution in [0.4, 0.5) is 10.5 Å². The van der Waals surface area contributed by atoms with Crippen molar-refractivity contribution in [3.63, 3.8) is 0 Å². The second-order valence-electron chi connectivity index (χ2n) is 15.0. The number of amides is 1. The van der Waals surface area contributed by atoms with Gasteiger partial charge < -0.3 is 23.4 Å². The third kappa shape index (κ3) is 9.07. The van der Waals surface area contributed by atoms with Gasteiger partial charge in [0.05, 0.1) is 11.8 Å². The van der Waals surface area contributed by atoms with Crippen molar-refractivity contribution in [1.29, 1.82) is 0 Å². The van der Waals surface area contributed by atoms with Gasteiger partial charge in [0.15, 0.2) is 11.6 Å². The fourth-order valence-corrected chi connectivity index (χ4v) is 5.80. The van der Waals surface area contributed by atoms with Crippen molar-refractivity contribution in [3.05, 3.63) is 41.5 Å². The molecule has 2 heterocycles. The van der Waals surface area contributed by atoms with Gasteiger partial charge in [0.25, 0.3) is 8.32 Å². The van der Waals surface area contributed by atoms with E-state index in [2.05, 4.69) is 33.9 Å². The smallest absolute Gasteiger partial charge is 0.414 e. The molecule has 1 aromatic rings. The van der Waals surface area contributed by atoms with Crippen LogP contribution in [-0.2, 0) is 23.7 Å². The van der Waals surface area contributed by atoms with E-state index < -0.39 is 50.1 Å². The number of fused-ring (bicyclic) bond motifs is 2. The zero-order chi connectivity index (χ0) is 34.1. The van der Waals surface area contributed by atoms with E-state index in [1.54, 1.807) is 45.1 Å². The van der Waals surface area contributed by atoms with Gasteiger partial charge in [-0.15, -0.1) is 0 Å². The van der Waals surface area contributed by atoms with Gasteiger partial charge in [-0.05, 0) is 90.7 Å². The predicted molar refractivity (Wildman–Crippen MR) is 179 cm³/mol. The van der Waals surface area contributed by atoms with E-state index in [-0.39, 0.29) is 22.3 Å². The molecule has 9 nitrogen and oxygen atoms in total. The Balaban J connectivity index is 2.26. The summed E-state index contributed by atoms with van der Waals surface area (Å²) in [6, 6.07) is 3.52. The lowest BCUT2D eigenvalue weighted by Crippen LogP contribution is -2.44. The molecular formula is C35H53NO8Si. The van der Waals surface area contributed by atoms with Gasteiger partial charge in [-0.2, -0.15) is 0 Å². The second-order valence-corrected chi connectivity index (χ2v) is 19.7. The van der Waals surface area contributed by atoms with Gasteiger partial charge >= 0.3 is 12.1 Å². The van der Waals surface area contributed by atoms with E-state index in [9.17, 15) is 14.4 Å². The highest BCUT2D eigenvalue weighted by molar-refractivity contribution is 6.74. The standard InChI is InChI=1S/C35H53NO8Si/c1-14-36(32(39)43-33(4,5)6)25-20-24-16-15-17-27-30(42-35(10,11)41-27)26(37)19-18-22(2)23(3)40-31(38)29(24)28(21-25)44-45(12,13)34(7,8)9/h15-16,18-23,27,30H,14,17H2,1-13H3/t22-,23+,27+,30-/m1/s1. The first-order valence-electron chi connectivity index (χ1n) is 15.9. The molecule has 0 aliphatic carbocycles. The van der Waals surface area contributed by atoms with E-state index in [0.29, 0.717) is 30.0 Å². The highest BCUT2D eigenvalue weighted by Crippen LogP contribution is 2.41. The highest BCUT2D eigenvalue weighted by atomic mass is 28.4. The maximum atomic E-state index is 14.0. The van der Waals surface area contributed by atoms with Crippen LogP contribution in [0.15, 0.2) is 30.4 Å². The first-order chi connectivity index (χ1) is 20.5. The molecule has 45 heavy (non-hydrogen) atoms. The molecular weight excluding hydrogens is 590 g/mol. The van der Waals surface area contributed by atoms with Crippen LogP contribution in [0.3, 0.4) is 0 Å². The number of esters is 1. The molecule has 2 aliphatic rings. The van der Waals surface area contributed by atoms with Gasteiger partial charge in [0.1, 0.15) is 29.1 Å². The number of nitrogens with zero attached hydrogens (tertiary/aromatic N) is 1. The molecule has 250 valence electrons. The largest absolute Gasteiger partial charge is 0.543 e. The summed E-state index contributed by atoms with van der Waals surface area (Å²) in [6.45, 7) is 25.5. The van der Waals surface area contributed by atoms with E-state index in [4.69, 9.17) is 23.4 Å². The Hall–Kier alpha value is -2.95. The summed E-state index contributed by atoms with van der Waals surface area (Å²) >= 11 is 0. The second kappa shape index (κ2) is 13.4. The van der Waals surface area contributed by atoms with Crippen molar-refractivity contribution in [3.8, 4) is 5.75 Å². The number of hydrogen-bond acceptors (Lipinski definition) is 8. The molecule has 0 saturated carbocycles. The van der Waals surface area contributed by atoms with Gasteiger partial charge in [0.2, 0.25) is 0 Å². The average Bonchev–Trinajstić information content (AvgIpc) is 3.19. The van der Waals surface area contributed by atoms with Crippen LogP contribution in [0.2, 0.25) is 18.1 Å². The third-order valence-corrected chi connectivity index (χ3v) is 12.8. The fraction of sp³-hybridized carbons (Fsp3) is 0.629. The third-order valence-electron chi connectivity index (χ3n) is 8.46. The average molecular weight is 644 g/mol. The Morgan fingerprint density at radius 2 is 1.69 bits per heavy atom. The fourth-order valence-electron chi connectivity index (χ4n) is 4.78. The molecule has 0 bridgehead atoms. The van der Waals surface area contributed by atoms with E-state index in [1.807, 2.05) is 40.7 Å². The van der Waals surface area contributed by atoms with Crippen molar-refractivity contribution in [2.75, 3.05) is 11.4 Å². The molecule has 0 unspecified atom stereocenters. The lowest BCUT2D eigenvalue weighted by molar-refractivity contribution is -0.152. The molecule has 1 amide bonds. The Bertz CT molecular complexity index is 1330. The quantitative estimate of drug-likeness (QED) is 0.240. The number of anilines is 1. The number of cyclic esters (lactones) is 1. The maximum Gasteiger partial charge on any atom is 0.414 e. The normalized spacial score (nSPS) is 24.3. The van der Waals surface area contributed by atoms with Crippen LogP contribution in [-0.4, -0.2) is 62.4 Å². The summed E-state index contributed by atoms with van der Waals surface area (Å²) in [7, 11) is -2.48. The Morgan fingerprint density at radius 3 is 2.27 bits per heavy atom. The predicted octanol–water partition coefficient (Wildman–Crippen LogP) is 8.08. The lowest BCUT2D eigenvalue weighted by Gasteiger charge is -2.37. The highest BCUT2D eigenvalue weighted by Gasteiger charge is 2.44. The van der Waals surface area contributed by atoms with Crippen molar-refractivity contribution in [1.82, 2.24) is 0 Å². The van der Waals surface area contributed by atoms with Crippen molar-refractivity contribution in [2.24, 2.45) is 5.92 Å². The van der Waals surface area contributed by atoms with Crippen LogP contribution in [0.5, 0.6) is 5.75 Å². The molecule has 3 rings (SSSR count). The molecule has 1 aromatic carbocycles. The van der Waals surface area contributed by atoms with Crippen molar-refractivity contribution >= 4 is 37.9 Å². The molecule has 10 heteroatoms. The summed E-state index contributed by atoms with van der Waals surface area (Å²) in [5.74, 6) is -1.60. The molecule has 0 radical (unpaired) electrons. The van der Waals surface area contributed by atoms with Crippen molar-refractivity contribution < 1.29 is 37.8 Å².